The lowest BCUT2D eigenvalue weighted by Crippen LogP contribution is -2.67. The fourth-order valence-corrected chi connectivity index (χ4v) is 5.71. The molecule has 4 aliphatic rings. The fourth-order valence-electron chi connectivity index (χ4n) is 5.58. The van der Waals surface area contributed by atoms with Crippen molar-refractivity contribution in [1.29, 1.82) is 0 Å². The first kappa shape index (κ1) is 17.5. The topological polar surface area (TPSA) is 84.7 Å². The number of halogens is 1. The van der Waals surface area contributed by atoms with Crippen LogP contribution in [0.3, 0.4) is 0 Å². The molecule has 4 bridgehead atoms. The average molecular weight is 378 g/mol. The summed E-state index contributed by atoms with van der Waals surface area (Å²) in [6, 6.07) is 6.19. The molecule has 4 saturated carbocycles. The molecule has 0 saturated heterocycles. The van der Waals surface area contributed by atoms with E-state index >= 15 is 0 Å². The van der Waals surface area contributed by atoms with Crippen LogP contribution in [0.15, 0.2) is 24.3 Å². The second-order valence-corrected chi connectivity index (χ2v) is 8.53. The smallest absolute Gasteiger partial charge is 0.334 e. The number of benzene rings is 1. The molecule has 4 fully saturated rings. The minimum atomic E-state index is -0.591. The number of carbonyl (C=O) groups is 2. The predicted octanol–water partition coefficient (Wildman–Crippen LogP) is 3.10. The Kier molecular flexibility index (Phi) is 4.47. The van der Waals surface area contributed by atoms with Crippen LogP contribution in [-0.4, -0.2) is 29.1 Å². The van der Waals surface area contributed by atoms with Gasteiger partial charge < -0.3 is 10.5 Å². The van der Waals surface area contributed by atoms with Crippen molar-refractivity contribution in [3.05, 3.63) is 29.3 Å². The molecule has 4 aliphatic carbocycles. The molecule has 0 radical (unpaired) electrons. The molecule has 0 unspecified atom stereocenters. The molecular weight excluding hydrogens is 354 g/mol. The summed E-state index contributed by atoms with van der Waals surface area (Å²) in [5.74, 6) is 2.10. The van der Waals surface area contributed by atoms with Gasteiger partial charge in [-0.3, -0.25) is 10.2 Å². The van der Waals surface area contributed by atoms with Gasteiger partial charge in [0.1, 0.15) is 5.75 Å². The highest BCUT2D eigenvalue weighted by Crippen LogP contribution is 2.57. The second-order valence-electron chi connectivity index (χ2n) is 8.09. The number of carbonyl (C=O) groups excluding carboxylic acids is 2. The summed E-state index contributed by atoms with van der Waals surface area (Å²) < 4.78 is 5.47. The van der Waals surface area contributed by atoms with Gasteiger partial charge in [0.25, 0.3) is 5.91 Å². The van der Waals surface area contributed by atoms with E-state index in [2.05, 4.69) is 5.43 Å². The Hall–Kier alpha value is -1.95. The average Bonchev–Trinajstić information content (AvgIpc) is 2.57. The Morgan fingerprint density at radius 2 is 1.65 bits per heavy atom. The number of rotatable bonds is 4. The fraction of sp³-hybridized carbons (Fsp3) is 0.579. The molecule has 6 nitrogen and oxygen atoms in total. The van der Waals surface area contributed by atoms with Crippen molar-refractivity contribution in [2.24, 2.45) is 23.5 Å². The van der Waals surface area contributed by atoms with Crippen molar-refractivity contribution >= 4 is 23.5 Å². The van der Waals surface area contributed by atoms with Crippen LogP contribution < -0.4 is 15.9 Å². The van der Waals surface area contributed by atoms with Gasteiger partial charge in [0.15, 0.2) is 6.61 Å². The number of amides is 3. The lowest BCUT2D eigenvalue weighted by atomic mass is 9.53. The largest absolute Gasteiger partial charge is 0.484 e. The van der Waals surface area contributed by atoms with E-state index in [9.17, 15) is 9.59 Å². The number of hydrogen-bond donors (Lipinski definition) is 2. The summed E-state index contributed by atoms with van der Waals surface area (Å²) in [5.41, 5.74) is 8.05. The molecule has 0 spiro atoms. The van der Waals surface area contributed by atoms with Gasteiger partial charge in [-0.05, 0) is 80.5 Å². The van der Waals surface area contributed by atoms with Gasteiger partial charge in [0.2, 0.25) is 0 Å². The van der Waals surface area contributed by atoms with Crippen LogP contribution >= 0.6 is 11.6 Å². The summed E-state index contributed by atoms with van der Waals surface area (Å²) in [5, 5.41) is 2.01. The maximum absolute atomic E-state index is 12.4. The van der Waals surface area contributed by atoms with Gasteiger partial charge in [-0.1, -0.05) is 11.6 Å². The summed E-state index contributed by atoms with van der Waals surface area (Å²) in [6.07, 6.45) is 6.54. The zero-order chi connectivity index (χ0) is 18.3. The molecule has 7 heteroatoms. The highest BCUT2D eigenvalue weighted by molar-refractivity contribution is 6.30. The zero-order valence-corrected chi connectivity index (χ0v) is 15.4. The van der Waals surface area contributed by atoms with Crippen LogP contribution in [-0.2, 0) is 4.79 Å². The van der Waals surface area contributed by atoms with Crippen LogP contribution in [0.4, 0.5) is 4.79 Å². The minimum Gasteiger partial charge on any atom is -0.484 e. The number of ether oxygens (including phenoxy) is 1. The maximum Gasteiger partial charge on any atom is 0.334 e. The number of nitrogens with one attached hydrogen (secondary N) is 1. The molecule has 0 aliphatic heterocycles. The van der Waals surface area contributed by atoms with Gasteiger partial charge in [-0.15, -0.1) is 0 Å². The third kappa shape index (κ3) is 3.34. The number of primary amides is 1. The number of nitrogens with two attached hydrogens (primary N) is 1. The molecule has 0 heterocycles. The Bertz CT molecular complexity index is 671. The minimum absolute atomic E-state index is 0.183. The molecule has 3 amide bonds. The molecule has 3 N–H and O–H groups in total. The summed E-state index contributed by atoms with van der Waals surface area (Å²) in [6.45, 7) is -0.183. The highest BCUT2D eigenvalue weighted by atomic mass is 35.5. The van der Waals surface area contributed by atoms with Crippen LogP contribution in [0, 0.1) is 17.8 Å². The molecule has 0 atom stereocenters. The first-order valence-electron chi connectivity index (χ1n) is 9.21. The van der Waals surface area contributed by atoms with Crippen LogP contribution in [0.25, 0.3) is 0 Å². The molecule has 140 valence electrons. The molecule has 1 aromatic carbocycles. The summed E-state index contributed by atoms with van der Waals surface area (Å²) >= 11 is 5.84. The highest BCUT2D eigenvalue weighted by Gasteiger charge is 2.55. The third-order valence-corrected chi connectivity index (χ3v) is 6.37. The third-order valence-electron chi connectivity index (χ3n) is 6.12. The monoisotopic (exact) mass is 377 g/mol. The molecule has 0 aromatic heterocycles. The SMILES string of the molecule is NC(=O)N(NC(=O)COc1ccc(Cl)cc1)C12CC3CC(CC(C3)C1)C2. The number of hydrazine groups is 1. The summed E-state index contributed by atoms with van der Waals surface area (Å²) in [7, 11) is 0. The van der Waals surface area contributed by atoms with E-state index in [1.54, 1.807) is 24.3 Å². The number of hydrogen-bond acceptors (Lipinski definition) is 3. The van der Waals surface area contributed by atoms with Crippen LogP contribution in [0.1, 0.15) is 38.5 Å². The maximum atomic E-state index is 12.4. The lowest BCUT2D eigenvalue weighted by Gasteiger charge is -2.59. The normalized spacial score (nSPS) is 31.5. The van der Waals surface area contributed by atoms with Crippen molar-refractivity contribution < 1.29 is 14.3 Å². The van der Waals surface area contributed by atoms with Gasteiger partial charge in [0, 0.05) is 5.02 Å². The van der Waals surface area contributed by atoms with E-state index in [1.165, 1.54) is 24.3 Å². The van der Waals surface area contributed by atoms with Gasteiger partial charge >= 0.3 is 6.03 Å². The second kappa shape index (κ2) is 6.65. The first-order valence-corrected chi connectivity index (χ1v) is 9.59. The van der Waals surface area contributed by atoms with Gasteiger partial charge in [-0.25, -0.2) is 9.80 Å². The number of urea groups is 1. The standard InChI is InChI=1S/C19H24ClN3O3/c20-15-1-3-16(4-2-15)26-11-17(24)22-23(18(21)25)19-8-12-5-13(9-19)7-14(6-12)10-19/h1-4,12-14H,5-11H2,(H2,21,25)(H,22,24). The quantitative estimate of drug-likeness (QED) is 0.790. The van der Waals surface area contributed by atoms with Crippen molar-refractivity contribution in [1.82, 2.24) is 10.4 Å². The van der Waals surface area contributed by atoms with Gasteiger partial charge in [-0.2, -0.15) is 0 Å². The van der Waals surface area contributed by atoms with Crippen molar-refractivity contribution in [3.8, 4) is 5.75 Å². The van der Waals surface area contributed by atoms with E-state index in [1.807, 2.05) is 0 Å². The molecule has 5 rings (SSSR count). The molecule has 26 heavy (non-hydrogen) atoms. The Labute approximate surface area is 158 Å². The Morgan fingerprint density at radius 1 is 1.12 bits per heavy atom. The van der Waals surface area contributed by atoms with E-state index in [0.717, 1.165) is 19.3 Å². The zero-order valence-electron chi connectivity index (χ0n) is 14.6. The van der Waals surface area contributed by atoms with Crippen LogP contribution in [0.2, 0.25) is 5.02 Å². The van der Waals surface area contributed by atoms with Crippen LogP contribution in [0.5, 0.6) is 5.75 Å². The summed E-state index contributed by atoms with van der Waals surface area (Å²) in [4.78, 5) is 24.5. The molecule has 1 aromatic rings. The first-order chi connectivity index (χ1) is 12.4. The van der Waals surface area contributed by atoms with E-state index in [-0.39, 0.29) is 18.1 Å². The van der Waals surface area contributed by atoms with E-state index < -0.39 is 6.03 Å². The Morgan fingerprint density at radius 3 is 2.15 bits per heavy atom. The van der Waals surface area contributed by atoms with Crippen molar-refractivity contribution in [2.75, 3.05) is 6.61 Å². The van der Waals surface area contributed by atoms with E-state index in [4.69, 9.17) is 22.1 Å². The van der Waals surface area contributed by atoms with Crippen molar-refractivity contribution in [2.45, 2.75) is 44.1 Å². The van der Waals surface area contributed by atoms with Crippen molar-refractivity contribution in [3.63, 3.8) is 0 Å². The predicted molar refractivity (Wildman–Crippen MR) is 97.4 cm³/mol. The van der Waals surface area contributed by atoms with Gasteiger partial charge in [0.05, 0.1) is 5.54 Å². The lowest BCUT2D eigenvalue weighted by molar-refractivity contribution is -0.136. The van der Waals surface area contributed by atoms with E-state index in [0.29, 0.717) is 28.5 Å². The number of nitrogens with zero attached hydrogens (tertiary/aromatic N) is 1. The molecular formula is C19H24ClN3O3. The Balaban J connectivity index is 1.41.